The van der Waals surface area contributed by atoms with Crippen LogP contribution in [-0.2, 0) is 22.9 Å². The maximum Gasteiger partial charge on any atom is 0.241 e. The van der Waals surface area contributed by atoms with E-state index in [-0.39, 0.29) is 10.9 Å². The quantitative estimate of drug-likeness (QED) is 0.612. The summed E-state index contributed by atoms with van der Waals surface area (Å²) in [5, 5.41) is 1.82. The van der Waals surface area contributed by atoms with Gasteiger partial charge in [0, 0.05) is 6.04 Å². The predicted molar refractivity (Wildman–Crippen MR) is 117 cm³/mol. The fraction of sp³-hybridized carbons (Fsp3) is 0.333. The SMILES string of the molecule is CC[C@H](NS(=O)(=O)c1ccc2cc(OC)ccc2c1)c1ccc2c(c1)CCCC2. The van der Waals surface area contributed by atoms with Crippen LogP contribution in [-0.4, -0.2) is 15.5 Å². The van der Waals surface area contributed by atoms with Crippen LogP contribution >= 0.6 is 0 Å². The average Bonchev–Trinajstić information content (AvgIpc) is 2.76. The number of aryl methyl sites for hydroxylation is 2. The van der Waals surface area contributed by atoms with Gasteiger partial charge in [0.2, 0.25) is 10.0 Å². The Bertz CT molecular complexity index is 1140. The molecule has 0 saturated heterocycles. The van der Waals surface area contributed by atoms with Gasteiger partial charge in [-0.2, -0.15) is 0 Å². The molecular weight excluding hydrogens is 382 g/mol. The van der Waals surface area contributed by atoms with Crippen molar-refractivity contribution in [2.45, 2.75) is 50.0 Å². The van der Waals surface area contributed by atoms with Gasteiger partial charge >= 0.3 is 0 Å². The first-order valence-corrected chi connectivity index (χ1v) is 11.7. The summed E-state index contributed by atoms with van der Waals surface area (Å²) < 4.78 is 34.4. The summed E-state index contributed by atoms with van der Waals surface area (Å²) in [5.41, 5.74) is 3.82. The second-order valence-corrected chi connectivity index (χ2v) is 9.41. The van der Waals surface area contributed by atoms with E-state index in [0.717, 1.165) is 34.9 Å². The lowest BCUT2D eigenvalue weighted by molar-refractivity contribution is 0.415. The third-order valence-electron chi connectivity index (χ3n) is 5.81. The summed E-state index contributed by atoms with van der Waals surface area (Å²) in [5.74, 6) is 0.754. The third kappa shape index (κ3) is 4.16. The van der Waals surface area contributed by atoms with Gasteiger partial charge in [-0.05, 0) is 83.8 Å². The molecule has 0 saturated carbocycles. The van der Waals surface area contributed by atoms with E-state index in [9.17, 15) is 8.42 Å². The van der Waals surface area contributed by atoms with Crippen LogP contribution in [0.2, 0.25) is 0 Å². The molecule has 0 amide bonds. The molecule has 4 nitrogen and oxygen atoms in total. The van der Waals surface area contributed by atoms with Gasteiger partial charge in [0.25, 0.3) is 0 Å². The van der Waals surface area contributed by atoms with Crippen molar-refractivity contribution < 1.29 is 13.2 Å². The van der Waals surface area contributed by atoms with Crippen molar-refractivity contribution in [2.24, 2.45) is 0 Å². The molecule has 29 heavy (non-hydrogen) atoms. The van der Waals surface area contributed by atoms with E-state index >= 15 is 0 Å². The van der Waals surface area contributed by atoms with Crippen LogP contribution in [0.15, 0.2) is 59.5 Å². The average molecular weight is 410 g/mol. The second kappa shape index (κ2) is 8.17. The molecule has 4 rings (SSSR count). The van der Waals surface area contributed by atoms with Crippen molar-refractivity contribution in [3.05, 3.63) is 71.3 Å². The fourth-order valence-electron chi connectivity index (χ4n) is 4.11. The van der Waals surface area contributed by atoms with Crippen molar-refractivity contribution >= 4 is 20.8 Å². The first-order chi connectivity index (χ1) is 14.0. The molecule has 0 aromatic heterocycles. The number of fused-ring (bicyclic) bond motifs is 2. The Morgan fingerprint density at radius 1 is 0.931 bits per heavy atom. The molecule has 0 unspecified atom stereocenters. The van der Waals surface area contributed by atoms with Gasteiger partial charge in [0.05, 0.1) is 12.0 Å². The largest absolute Gasteiger partial charge is 0.497 e. The molecule has 0 bridgehead atoms. The highest BCUT2D eigenvalue weighted by atomic mass is 32.2. The zero-order chi connectivity index (χ0) is 20.4. The first kappa shape index (κ1) is 19.9. The molecule has 0 spiro atoms. The molecule has 3 aromatic rings. The third-order valence-corrected chi connectivity index (χ3v) is 7.28. The molecule has 1 atom stereocenters. The minimum atomic E-state index is -3.63. The molecule has 1 aliphatic carbocycles. The van der Waals surface area contributed by atoms with Gasteiger partial charge in [-0.15, -0.1) is 0 Å². The summed E-state index contributed by atoms with van der Waals surface area (Å²) in [4.78, 5) is 0.284. The van der Waals surface area contributed by atoms with E-state index in [1.54, 1.807) is 19.2 Å². The van der Waals surface area contributed by atoms with E-state index in [4.69, 9.17) is 4.74 Å². The monoisotopic (exact) mass is 409 g/mol. The number of benzene rings is 3. The van der Waals surface area contributed by atoms with Crippen molar-refractivity contribution in [1.29, 1.82) is 0 Å². The molecule has 0 heterocycles. The van der Waals surface area contributed by atoms with Crippen molar-refractivity contribution in [3.63, 3.8) is 0 Å². The Morgan fingerprint density at radius 3 is 2.41 bits per heavy atom. The molecular formula is C24H27NO3S. The van der Waals surface area contributed by atoms with E-state index in [0.29, 0.717) is 6.42 Å². The Morgan fingerprint density at radius 2 is 1.66 bits per heavy atom. The number of rotatable bonds is 6. The smallest absolute Gasteiger partial charge is 0.241 e. The Balaban J connectivity index is 1.62. The summed E-state index contributed by atoms with van der Waals surface area (Å²) in [6.45, 7) is 2.01. The Kier molecular flexibility index (Phi) is 5.61. The van der Waals surface area contributed by atoms with Crippen LogP contribution < -0.4 is 9.46 Å². The molecule has 0 fully saturated rings. The van der Waals surface area contributed by atoms with Gasteiger partial charge in [-0.25, -0.2) is 13.1 Å². The van der Waals surface area contributed by atoms with Crippen molar-refractivity contribution in [1.82, 2.24) is 4.72 Å². The van der Waals surface area contributed by atoms with Crippen LogP contribution in [0.3, 0.4) is 0 Å². The van der Waals surface area contributed by atoms with E-state index in [2.05, 4.69) is 22.9 Å². The molecule has 3 aromatic carbocycles. The standard InChI is InChI=1S/C24H27NO3S/c1-3-24(21-9-8-17-6-4-5-7-18(17)14-21)25-29(26,27)23-13-11-19-15-22(28-2)12-10-20(19)16-23/h8-16,24-25H,3-7H2,1-2H3/t24-/m0/s1. The van der Waals surface area contributed by atoms with Gasteiger partial charge in [0.1, 0.15) is 5.75 Å². The lowest BCUT2D eigenvalue weighted by atomic mass is 9.89. The number of methoxy groups -OCH3 is 1. The Labute approximate surface area is 173 Å². The number of hydrogen-bond acceptors (Lipinski definition) is 3. The lowest BCUT2D eigenvalue weighted by Gasteiger charge is -2.22. The number of ether oxygens (including phenoxy) is 1. The van der Waals surface area contributed by atoms with Crippen LogP contribution in [0.25, 0.3) is 10.8 Å². The minimum absolute atomic E-state index is 0.237. The number of sulfonamides is 1. The summed E-state index contributed by atoms with van der Waals surface area (Å²) >= 11 is 0. The fourth-order valence-corrected chi connectivity index (χ4v) is 5.45. The highest BCUT2D eigenvalue weighted by Gasteiger charge is 2.22. The van der Waals surface area contributed by atoms with Crippen LogP contribution in [0.4, 0.5) is 0 Å². The lowest BCUT2D eigenvalue weighted by Crippen LogP contribution is -2.28. The zero-order valence-electron chi connectivity index (χ0n) is 16.9. The number of hydrogen-bond donors (Lipinski definition) is 1. The van der Waals surface area contributed by atoms with E-state index < -0.39 is 10.0 Å². The van der Waals surface area contributed by atoms with Gasteiger partial charge in [-0.3, -0.25) is 0 Å². The summed E-state index contributed by atoms with van der Waals surface area (Å²) in [6, 6.07) is 17.0. The van der Waals surface area contributed by atoms with Gasteiger partial charge in [0.15, 0.2) is 0 Å². The highest BCUT2D eigenvalue weighted by molar-refractivity contribution is 7.89. The molecule has 0 radical (unpaired) electrons. The van der Waals surface area contributed by atoms with Crippen LogP contribution in [0, 0.1) is 0 Å². The predicted octanol–water partition coefficient (Wildman–Crippen LogP) is 5.16. The summed E-state index contributed by atoms with van der Waals surface area (Å²) in [6.07, 6.45) is 5.36. The topological polar surface area (TPSA) is 55.4 Å². The molecule has 1 aliphatic rings. The number of nitrogens with one attached hydrogen (secondary N) is 1. The van der Waals surface area contributed by atoms with Crippen molar-refractivity contribution in [2.75, 3.05) is 7.11 Å². The maximum atomic E-state index is 13.1. The Hall–Kier alpha value is -2.37. The zero-order valence-corrected chi connectivity index (χ0v) is 17.8. The van der Waals surface area contributed by atoms with E-state index in [1.807, 2.05) is 31.2 Å². The highest BCUT2D eigenvalue weighted by Crippen LogP contribution is 2.28. The summed E-state index contributed by atoms with van der Waals surface area (Å²) in [7, 11) is -2.01. The molecule has 1 N–H and O–H groups in total. The van der Waals surface area contributed by atoms with Gasteiger partial charge < -0.3 is 4.74 Å². The van der Waals surface area contributed by atoms with Crippen LogP contribution in [0.1, 0.15) is 48.9 Å². The first-order valence-electron chi connectivity index (χ1n) is 10.2. The molecule has 152 valence electrons. The van der Waals surface area contributed by atoms with Crippen LogP contribution in [0.5, 0.6) is 5.75 Å². The molecule has 0 aliphatic heterocycles. The molecule has 5 heteroatoms. The normalized spacial score (nSPS) is 15.1. The minimum Gasteiger partial charge on any atom is -0.497 e. The second-order valence-electron chi connectivity index (χ2n) is 7.69. The van der Waals surface area contributed by atoms with Crippen molar-refractivity contribution in [3.8, 4) is 5.75 Å². The maximum absolute atomic E-state index is 13.1. The van der Waals surface area contributed by atoms with E-state index in [1.165, 1.54) is 24.0 Å². The van der Waals surface area contributed by atoms with Gasteiger partial charge in [-0.1, -0.05) is 37.3 Å².